The number of hydrogen-bond donors (Lipinski definition) is 1. The van der Waals surface area contributed by atoms with E-state index in [9.17, 15) is 9.59 Å². The van der Waals surface area contributed by atoms with E-state index in [1.807, 2.05) is 0 Å². The molecule has 0 bridgehead atoms. The molecule has 1 rings (SSSR count). The van der Waals surface area contributed by atoms with Gasteiger partial charge in [0.1, 0.15) is 0 Å². The summed E-state index contributed by atoms with van der Waals surface area (Å²) in [5.41, 5.74) is -0.437. The number of aromatic nitrogens is 1. The molecule has 4 heteroatoms. The van der Waals surface area contributed by atoms with Crippen LogP contribution in [0.15, 0.2) is 35.8 Å². The van der Waals surface area contributed by atoms with E-state index in [0.29, 0.717) is 0 Å². The van der Waals surface area contributed by atoms with E-state index < -0.39 is 11.5 Å². The predicted molar refractivity (Wildman–Crippen MR) is 42.9 cm³/mol. The van der Waals surface area contributed by atoms with Crippen molar-refractivity contribution in [1.29, 1.82) is 0 Å². The summed E-state index contributed by atoms with van der Waals surface area (Å²) in [6.45, 7) is 3.20. The van der Waals surface area contributed by atoms with E-state index in [-0.39, 0.29) is 5.75 Å². The lowest BCUT2D eigenvalue weighted by molar-refractivity contribution is -0.129. The first-order valence-corrected chi connectivity index (χ1v) is 3.26. The smallest absolute Gasteiger partial charge is 0.335 e. The molecule has 1 heterocycles. The molecule has 0 aliphatic heterocycles. The SMILES string of the molecule is C=CC(=O)Oc1ccc[nH]c1=O. The summed E-state index contributed by atoms with van der Waals surface area (Å²) in [6, 6.07) is 2.97. The number of carbonyl (C=O) groups excluding carboxylic acids is 1. The fraction of sp³-hybridized carbons (Fsp3) is 0. The molecule has 4 nitrogen and oxygen atoms in total. The maximum Gasteiger partial charge on any atom is 0.335 e. The molecule has 0 radical (unpaired) electrons. The number of ether oxygens (including phenoxy) is 1. The third-order valence-electron chi connectivity index (χ3n) is 1.16. The van der Waals surface area contributed by atoms with Crippen LogP contribution < -0.4 is 10.3 Å². The summed E-state index contributed by atoms with van der Waals surface area (Å²) in [7, 11) is 0. The van der Waals surface area contributed by atoms with Crippen LogP contribution >= 0.6 is 0 Å². The molecule has 0 spiro atoms. The zero-order chi connectivity index (χ0) is 8.97. The minimum Gasteiger partial charge on any atom is -0.417 e. The van der Waals surface area contributed by atoms with Crippen molar-refractivity contribution < 1.29 is 9.53 Å². The summed E-state index contributed by atoms with van der Waals surface area (Å²) in [6.07, 6.45) is 2.44. The summed E-state index contributed by atoms with van der Waals surface area (Å²) >= 11 is 0. The van der Waals surface area contributed by atoms with Crippen molar-refractivity contribution in [3.05, 3.63) is 41.3 Å². The number of esters is 1. The highest BCUT2D eigenvalue weighted by molar-refractivity contribution is 5.83. The molecular weight excluding hydrogens is 158 g/mol. The van der Waals surface area contributed by atoms with Crippen LogP contribution in [-0.4, -0.2) is 11.0 Å². The van der Waals surface area contributed by atoms with E-state index in [2.05, 4.69) is 16.3 Å². The van der Waals surface area contributed by atoms with Gasteiger partial charge in [-0.25, -0.2) is 4.79 Å². The topological polar surface area (TPSA) is 59.2 Å². The van der Waals surface area contributed by atoms with E-state index in [1.165, 1.54) is 12.3 Å². The Bertz CT molecular complexity index is 353. The summed E-state index contributed by atoms with van der Waals surface area (Å²) < 4.78 is 4.59. The van der Waals surface area contributed by atoms with Crippen molar-refractivity contribution in [1.82, 2.24) is 4.98 Å². The van der Waals surface area contributed by atoms with Crippen molar-refractivity contribution >= 4 is 5.97 Å². The van der Waals surface area contributed by atoms with Crippen LogP contribution in [0.5, 0.6) is 5.75 Å². The molecule has 62 valence electrons. The van der Waals surface area contributed by atoms with E-state index in [4.69, 9.17) is 0 Å². The lowest BCUT2D eigenvalue weighted by Crippen LogP contribution is -2.13. The molecule has 1 aromatic rings. The first-order valence-electron chi connectivity index (χ1n) is 3.26. The van der Waals surface area contributed by atoms with Gasteiger partial charge in [0.25, 0.3) is 5.56 Å². The Morgan fingerprint density at radius 2 is 2.42 bits per heavy atom. The van der Waals surface area contributed by atoms with Gasteiger partial charge in [-0.2, -0.15) is 0 Å². The molecule has 0 amide bonds. The van der Waals surface area contributed by atoms with Gasteiger partial charge in [0.15, 0.2) is 5.75 Å². The fourth-order valence-electron chi connectivity index (χ4n) is 0.637. The Balaban J connectivity index is 2.90. The van der Waals surface area contributed by atoms with Crippen molar-refractivity contribution in [2.24, 2.45) is 0 Å². The maximum absolute atomic E-state index is 10.9. The number of nitrogens with one attached hydrogen (secondary N) is 1. The molecule has 0 unspecified atom stereocenters. The normalized spacial score (nSPS) is 9.00. The average molecular weight is 165 g/mol. The maximum atomic E-state index is 10.9. The quantitative estimate of drug-likeness (QED) is 0.511. The van der Waals surface area contributed by atoms with Crippen LogP contribution in [0.25, 0.3) is 0 Å². The van der Waals surface area contributed by atoms with Crippen LogP contribution in [0.4, 0.5) is 0 Å². The molecule has 1 aromatic heterocycles. The number of carbonyl (C=O) groups is 1. The van der Waals surface area contributed by atoms with E-state index in [0.717, 1.165) is 6.08 Å². The average Bonchev–Trinajstić information content (AvgIpc) is 2.09. The van der Waals surface area contributed by atoms with Gasteiger partial charge in [-0.15, -0.1) is 0 Å². The van der Waals surface area contributed by atoms with Crippen LogP contribution in [-0.2, 0) is 4.79 Å². The third kappa shape index (κ3) is 1.82. The number of H-pyrrole nitrogens is 1. The highest BCUT2D eigenvalue weighted by Gasteiger charge is 2.01. The van der Waals surface area contributed by atoms with Gasteiger partial charge in [-0.3, -0.25) is 4.79 Å². The zero-order valence-electron chi connectivity index (χ0n) is 6.24. The Kier molecular flexibility index (Phi) is 2.42. The minimum atomic E-state index is -0.647. The zero-order valence-corrected chi connectivity index (χ0v) is 6.24. The second kappa shape index (κ2) is 3.52. The molecule has 0 aliphatic rings. The van der Waals surface area contributed by atoms with Crippen LogP contribution in [0.1, 0.15) is 0 Å². The van der Waals surface area contributed by atoms with Gasteiger partial charge < -0.3 is 9.72 Å². The van der Waals surface area contributed by atoms with E-state index >= 15 is 0 Å². The summed E-state index contributed by atoms with van der Waals surface area (Å²) in [5, 5.41) is 0. The monoisotopic (exact) mass is 165 g/mol. The molecule has 0 saturated heterocycles. The van der Waals surface area contributed by atoms with Crippen LogP contribution in [0, 0.1) is 0 Å². The third-order valence-corrected chi connectivity index (χ3v) is 1.16. The fourth-order valence-corrected chi connectivity index (χ4v) is 0.637. The highest BCUT2D eigenvalue weighted by atomic mass is 16.5. The van der Waals surface area contributed by atoms with Gasteiger partial charge in [0.2, 0.25) is 0 Å². The molecule has 0 aliphatic carbocycles. The lowest BCUT2D eigenvalue weighted by Gasteiger charge is -1.97. The largest absolute Gasteiger partial charge is 0.417 e. The second-order valence-electron chi connectivity index (χ2n) is 1.99. The number of rotatable bonds is 2. The Hall–Kier alpha value is -1.84. The van der Waals surface area contributed by atoms with E-state index in [1.54, 1.807) is 6.07 Å². The summed E-state index contributed by atoms with van der Waals surface area (Å²) in [4.78, 5) is 23.9. The first-order chi connectivity index (χ1) is 5.74. The summed E-state index contributed by atoms with van der Waals surface area (Å²) in [5.74, 6) is -0.672. The van der Waals surface area contributed by atoms with Gasteiger partial charge in [-0.05, 0) is 12.1 Å². The van der Waals surface area contributed by atoms with Crippen LogP contribution in [0.3, 0.4) is 0 Å². The molecule has 0 aromatic carbocycles. The lowest BCUT2D eigenvalue weighted by atomic mass is 10.4. The van der Waals surface area contributed by atoms with Crippen molar-refractivity contribution in [3.8, 4) is 5.75 Å². The molecule has 0 atom stereocenters. The number of aromatic amines is 1. The Labute approximate surface area is 68.5 Å². The standard InChI is InChI=1S/C8H7NO3/c1-2-7(10)12-6-4-3-5-9-8(6)11/h2-5H,1H2,(H,9,11). The molecule has 1 N–H and O–H groups in total. The van der Waals surface area contributed by atoms with Gasteiger partial charge in [0, 0.05) is 12.3 Å². The molecule has 0 saturated carbocycles. The Morgan fingerprint density at radius 1 is 1.67 bits per heavy atom. The second-order valence-corrected chi connectivity index (χ2v) is 1.99. The number of pyridine rings is 1. The Morgan fingerprint density at radius 3 is 3.00 bits per heavy atom. The van der Waals surface area contributed by atoms with Gasteiger partial charge in [0.05, 0.1) is 0 Å². The molecule has 0 fully saturated rings. The van der Waals surface area contributed by atoms with Crippen molar-refractivity contribution in [2.45, 2.75) is 0 Å². The van der Waals surface area contributed by atoms with Gasteiger partial charge >= 0.3 is 5.97 Å². The van der Waals surface area contributed by atoms with Gasteiger partial charge in [-0.1, -0.05) is 6.58 Å². The highest BCUT2D eigenvalue weighted by Crippen LogP contribution is 1.99. The molecular formula is C8H7NO3. The van der Waals surface area contributed by atoms with Crippen LogP contribution in [0.2, 0.25) is 0 Å². The predicted octanol–water partition coefficient (Wildman–Crippen LogP) is 0.466. The number of hydrogen-bond acceptors (Lipinski definition) is 3. The van der Waals surface area contributed by atoms with Crippen molar-refractivity contribution in [2.75, 3.05) is 0 Å². The molecule has 12 heavy (non-hydrogen) atoms. The first kappa shape index (κ1) is 8.26. The minimum absolute atomic E-state index is 0.0256. The van der Waals surface area contributed by atoms with Crippen molar-refractivity contribution in [3.63, 3.8) is 0 Å².